The Morgan fingerprint density at radius 1 is 1.19 bits per heavy atom. The number of hydrogen-bond donors (Lipinski definition) is 1. The lowest BCUT2D eigenvalue weighted by atomic mass is 10.1. The highest BCUT2D eigenvalue weighted by atomic mass is 32.2. The van der Waals surface area contributed by atoms with E-state index in [2.05, 4.69) is 64.3 Å². The van der Waals surface area contributed by atoms with E-state index in [0.717, 1.165) is 16.5 Å². The van der Waals surface area contributed by atoms with Gasteiger partial charge in [-0.25, -0.2) is 9.78 Å². The molecule has 26 heavy (non-hydrogen) atoms. The minimum Gasteiger partial charge on any atom is -0.449 e. The Morgan fingerprint density at radius 3 is 2.31 bits per heavy atom. The van der Waals surface area contributed by atoms with Crippen molar-refractivity contribution >= 4 is 17.9 Å². The first kappa shape index (κ1) is 20.4. The van der Waals surface area contributed by atoms with Gasteiger partial charge in [-0.05, 0) is 56.9 Å². The highest BCUT2D eigenvalue weighted by Gasteiger charge is 2.22. The number of imidazole rings is 1. The molecule has 0 saturated carbocycles. The third-order valence-corrected chi connectivity index (χ3v) is 5.08. The van der Waals surface area contributed by atoms with Crippen LogP contribution in [0.5, 0.6) is 0 Å². The van der Waals surface area contributed by atoms with E-state index in [4.69, 9.17) is 15.5 Å². The Balaban J connectivity index is 2.44. The average Bonchev–Trinajstić information content (AvgIpc) is 2.84. The van der Waals surface area contributed by atoms with Crippen LogP contribution in [0.3, 0.4) is 0 Å². The Kier molecular flexibility index (Phi) is 6.75. The van der Waals surface area contributed by atoms with Crippen LogP contribution in [0.15, 0.2) is 28.1 Å². The molecule has 0 unspecified atom stereocenters. The van der Waals surface area contributed by atoms with Crippen LogP contribution in [-0.2, 0) is 11.2 Å². The third-order valence-electron chi connectivity index (χ3n) is 4.01. The molecule has 0 aliphatic heterocycles. The van der Waals surface area contributed by atoms with Gasteiger partial charge in [0.2, 0.25) is 0 Å². The van der Waals surface area contributed by atoms with Gasteiger partial charge in [-0.15, -0.1) is 0 Å². The molecule has 0 bridgehead atoms. The minimum atomic E-state index is -0.749. The van der Waals surface area contributed by atoms with Gasteiger partial charge >= 0.3 is 6.09 Å². The van der Waals surface area contributed by atoms with Crippen molar-refractivity contribution in [2.75, 3.05) is 6.61 Å². The van der Waals surface area contributed by atoms with E-state index in [1.165, 1.54) is 16.0 Å². The number of carbonyl (C=O) groups excluding carboxylic acids is 1. The normalized spacial score (nSPS) is 11.4. The number of nitrogens with zero attached hydrogens (tertiary/aromatic N) is 2. The zero-order valence-corrected chi connectivity index (χ0v) is 17.3. The fraction of sp³-hybridized carbons (Fsp3) is 0.500. The van der Waals surface area contributed by atoms with Crippen LogP contribution in [0.2, 0.25) is 0 Å². The minimum absolute atomic E-state index is 0.240. The van der Waals surface area contributed by atoms with Gasteiger partial charge in [-0.2, -0.15) is 0 Å². The maximum atomic E-state index is 10.9. The number of hydrogen-bond acceptors (Lipinski definition) is 4. The van der Waals surface area contributed by atoms with Gasteiger partial charge < -0.3 is 15.0 Å². The number of benzene rings is 1. The van der Waals surface area contributed by atoms with Crippen molar-refractivity contribution in [2.45, 2.75) is 69.8 Å². The van der Waals surface area contributed by atoms with Crippen LogP contribution < -0.4 is 5.73 Å². The largest absolute Gasteiger partial charge is 0.449 e. The van der Waals surface area contributed by atoms with Crippen LogP contribution in [0, 0.1) is 13.8 Å². The molecule has 6 heteroatoms. The fourth-order valence-corrected chi connectivity index (χ4v) is 4.53. The Labute approximate surface area is 160 Å². The van der Waals surface area contributed by atoms with E-state index in [-0.39, 0.29) is 12.6 Å². The van der Waals surface area contributed by atoms with E-state index in [1.807, 2.05) is 0 Å². The maximum absolute atomic E-state index is 10.9. The molecule has 0 fully saturated rings. The van der Waals surface area contributed by atoms with E-state index < -0.39 is 6.09 Å². The molecular formula is C20H29N3O2S. The number of carbonyl (C=O) groups is 1. The summed E-state index contributed by atoms with van der Waals surface area (Å²) in [4.78, 5) is 17.0. The van der Waals surface area contributed by atoms with Gasteiger partial charge in [0.25, 0.3) is 0 Å². The summed E-state index contributed by atoms with van der Waals surface area (Å²) in [6.45, 7) is 13.1. The van der Waals surface area contributed by atoms with Gasteiger partial charge in [-0.1, -0.05) is 31.7 Å². The van der Waals surface area contributed by atoms with Gasteiger partial charge in [0.1, 0.15) is 17.5 Å². The third kappa shape index (κ3) is 5.04. The van der Waals surface area contributed by atoms with Crippen molar-refractivity contribution in [3.05, 3.63) is 40.8 Å². The first-order chi connectivity index (χ1) is 12.2. The number of aryl methyl sites for hydroxylation is 2. The van der Waals surface area contributed by atoms with Crippen LogP contribution in [-0.4, -0.2) is 22.3 Å². The zero-order valence-electron chi connectivity index (χ0n) is 16.5. The first-order valence-electron chi connectivity index (χ1n) is 8.98. The second-order valence-corrected chi connectivity index (χ2v) is 8.24. The summed E-state index contributed by atoms with van der Waals surface area (Å²) >= 11 is 1.75. The summed E-state index contributed by atoms with van der Waals surface area (Å²) in [5, 5.41) is 1.16. The van der Waals surface area contributed by atoms with Crippen molar-refractivity contribution in [1.29, 1.82) is 0 Å². The Bertz CT molecular complexity index is 761. The summed E-state index contributed by atoms with van der Waals surface area (Å²) in [5.41, 5.74) is 8.66. The SMILES string of the molecule is Cc1cc(C)cc(Sc2c(C(C)C)nc(CCOC(N)=O)n2C(C)C)c1. The summed E-state index contributed by atoms with van der Waals surface area (Å²) in [5.74, 6) is 1.23. The highest BCUT2D eigenvalue weighted by Crippen LogP contribution is 2.37. The lowest BCUT2D eigenvalue weighted by Crippen LogP contribution is -2.16. The lowest BCUT2D eigenvalue weighted by molar-refractivity contribution is 0.157. The number of nitrogens with two attached hydrogens (primary N) is 1. The summed E-state index contributed by atoms with van der Waals surface area (Å²) in [6.07, 6.45) is -0.199. The molecule has 0 aliphatic rings. The second-order valence-electron chi connectivity index (χ2n) is 7.18. The van der Waals surface area contributed by atoms with Crippen molar-refractivity contribution in [3.63, 3.8) is 0 Å². The fourth-order valence-electron chi connectivity index (χ4n) is 3.01. The first-order valence-corrected chi connectivity index (χ1v) is 9.80. The predicted octanol–water partition coefficient (Wildman–Crippen LogP) is 4.99. The van der Waals surface area contributed by atoms with Gasteiger partial charge in [-0.3, -0.25) is 0 Å². The molecule has 1 amide bonds. The predicted molar refractivity (Wildman–Crippen MR) is 106 cm³/mol. The van der Waals surface area contributed by atoms with E-state index >= 15 is 0 Å². The quantitative estimate of drug-likeness (QED) is 0.740. The lowest BCUT2D eigenvalue weighted by Gasteiger charge is -2.17. The molecule has 2 aromatic rings. The van der Waals surface area contributed by atoms with Crippen LogP contribution in [0.25, 0.3) is 0 Å². The number of amides is 1. The number of aromatic nitrogens is 2. The smallest absolute Gasteiger partial charge is 0.404 e. The molecule has 142 valence electrons. The molecule has 5 nitrogen and oxygen atoms in total. The van der Waals surface area contributed by atoms with Crippen molar-refractivity contribution in [3.8, 4) is 0 Å². The average molecular weight is 376 g/mol. The van der Waals surface area contributed by atoms with Gasteiger partial charge in [0.05, 0.1) is 5.69 Å². The van der Waals surface area contributed by atoms with E-state index in [0.29, 0.717) is 12.3 Å². The number of ether oxygens (including phenoxy) is 1. The van der Waals surface area contributed by atoms with Crippen molar-refractivity contribution in [1.82, 2.24) is 9.55 Å². The number of rotatable bonds is 7. The second kappa shape index (κ2) is 8.62. The van der Waals surface area contributed by atoms with Crippen molar-refractivity contribution in [2.24, 2.45) is 5.73 Å². The monoisotopic (exact) mass is 375 g/mol. The van der Waals surface area contributed by atoms with Crippen LogP contribution in [0.1, 0.15) is 62.3 Å². The van der Waals surface area contributed by atoms with E-state index in [9.17, 15) is 4.79 Å². The standard InChI is InChI=1S/C20H29N3O2S/c1-12(2)18-19(26-16-10-14(5)9-15(6)11-16)23(13(3)4)17(22-18)7-8-25-20(21)24/h9-13H,7-8H2,1-6H3,(H2,21,24). The van der Waals surface area contributed by atoms with E-state index in [1.54, 1.807) is 11.8 Å². The van der Waals surface area contributed by atoms with Gasteiger partial charge in [0.15, 0.2) is 0 Å². The van der Waals surface area contributed by atoms with Crippen LogP contribution in [0.4, 0.5) is 4.79 Å². The molecule has 1 heterocycles. The number of primary amides is 1. The molecule has 0 saturated heterocycles. The van der Waals surface area contributed by atoms with Crippen LogP contribution >= 0.6 is 11.8 Å². The highest BCUT2D eigenvalue weighted by molar-refractivity contribution is 7.99. The molecule has 1 aromatic carbocycles. The molecule has 2 rings (SSSR count). The molecule has 0 radical (unpaired) electrons. The summed E-state index contributed by atoms with van der Waals surface area (Å²) < 4.78 is 7.17. The summed E-state index contributed by atoms with van der Waals surface area (Å²) in [7, 11) is 0. The molecule has 0 spiro atoms. The van der Waals surface area contributed by atoms with Crippen molar-refractivity contribution < 1.29 is 9.53 Å². The molecule has 0 aliphatic carbocycles. The molecule has 2 N–H and O–H groups in total. The Hall–Kier alpha value is -1.95. The maximum Gasteiger partial charge on any atom is 0.404 e. The summed E-state index contributed by atoms with van der Waals surface area (Å²) in [6, 6.07) is 6.84. The molecular weight excluding hydrogens is 346 g/mol. The molecule has 0 atom stereocenters. The Morgan fingerprint density at radius 2 is 1.81 bits per heavy atom. The zero-order chi connectivity index (χ0) is 19.4. The molecule has 1 aromatic heterocycles. The van der Waals surface area contributed by atoms with Gasteiger partial charge in [0, 0.05) is 17.4 Å². The topological polar surface area (TPSA) is 70.1 Å².